The van der Waals surface area contributed by atoms with Crippen molar-refractivity contribution >= 4 is 11.0 Å². The fraction of sp³-hybridized carbons (Fsp3) is 0.692. The predicted molar refractivity (Wildman–Crippen MR) is 127 cm³/mol. The molecule has 2 fully saturated rings. The van der Waals surface area contributed by atoms with E-state index in [0.717, 1.165) is 23.0 Å². The third-order valence-electron chi connectivity index (χ3n) is 7.36. The Kier molecular flexibility index (Phi) is 5.41. The molecule has 0 amide bonds. The molecule has 3 aliphatic heterocycles. The summed E-state index contributed by atoms with van der Waals surface area (Å²) in [6.45, 7) is 17.4. The largest absolute Gasteiger partial charge is 0.471 e. The van der Waals surface area contributed by atoms with Crippen LogP contribution in [0.25, 0.3) is 11.0 Å². The van der Waals surface area contributed by atoms with Crippen molar-refractivity contribution in [3.8, 4) is 5.88 Å². The topological polar surface area (TPSA) is 81.0 Å². The maximum absolute atomic E-state index is 13.4. The first kappa shape index (κ1) is 23.7. The molecule has 0 aliphatic carbocycles. The summed E-state index contributed by atoms with van der Waals surface area (Å²) < 4.78 is 31.9. The highest BCUT2D eigenvalue weighted by Gasteiger charge is 2.50. The van der Waals surface area contributed by atoms with Gasteiger partial charge in [-0.3, -0.25) is 4.79 Å². The van der Waals surface area contributed by atoms with Gasteiger partial charge < -0.3 is 28.3 Å². The predicted octanol–water partition coefficient (Wildman–Crippen LogP) is 3.75. The Morgan fingerprint density at radius 1 is 1.09 bits per heavy atom. The molecule has 186 valence electrons. The summed E-state index contributed by atoms with van der Waals surface area (Å²) in [5.74, 6) is -1.37. The van der Waals surface area contributed by atoms with Gasteiger partial charge in [-0.25, -0.2) is 4.98 Å². The monoisotopic (exact) mass is 472 g/mol. The standard InChI is InChI=1S/C26H36N2O6/c1-14-11-16-20-19(15(14)2)24(3,4)9-10-28(20)23(29)22(27-16)30-12-17-21(34-26(7,8)33-17)18-13-31-25(5,6)32-18/h11,17-18,21H,9-10,12-13H2,1-8H3/t17-,18+,21-/m0/s1. The zero-order valence-electron chi connectivity index (χ0n) is 21.5. The molecule has 2 saturated heterocycles. The van der Waals surface area contributed by atoms with Crippen molar-refractivity contribution < 1.29 is 23.7 Å². The van der Waals surface area contributed by atoms with Crippen LogP contribution in [-0.2, 0) is 30.9 Å². The molecule has 0 bridgehead atoms. The van der Waals surface area contributed by atoms with Crippen LogP contribution in [0.1, 0.15) is 64.7 Å². The van der Waals surface area contributed by atoms with E-state index in [1.54, 1.807) is 0 Å². The Morgan fingerprint density at radius 3 is 2.50 bits per heavy atom. The van der Waals surface area contributed by atoms with E-state index in [9.17, 15) is 4.79 Å². The Hall–Kier alpha value is -2.00. The highest BCUT2D eigenvalue weighted by molar-refractivity contribution is 5.83. The number of aryl methyl sites for hydroxylation is 2. The molecule has 0 saturated carbocycles. The number of hydrogen-bond donors (Lipinski definition) is 0. The van der Waals surface area contributed by atoms with Crippen LogP contribution in [0.15, 0.2) is 10.9 Å². The van der Waals surface area contributed by atoms with Gasteiger partial charge in [0.25, 0.3) is 5.88 Å². The van der Waals surface area contributed by atoms with Gasteiger partial charge in [0.2, 0.25) is 0 Å². The number of rotatable bonds is 4. The molecule has 1 aromatic carbocycles. The molecule has 0 unspecified atom stereocenters. The van der Waals surface area contributed by atoms with Crippen LogP contribution in [0.4, 0.5) is 0 Å². The third-order valence-corrected chi connectivity index (χ3v) is 7.36. The summed E-state index contributed by atoms with van der Waals surface area (Å²) in [5, 5.41) is 0. The molecule has 1 aromatic heterocycles. The number of benzene rings is 1. The van der Waals surface area contributed by atoms with Crippen LogP contribution in [0.3, 0.4) is 0 Å². The number of nitrogens with zero attached hydrogens (tertiary/aromatic N) is 2. The van der Waals surface area contributed by atoms with E-state index in [-0.39, 0.29) is 35.7 Å². The van der Waals surface area contributed by atoms with Crippen LogP contribution >= 0.6 is 0 Å². The van der Waals surface area contributed by atoms with Crippen molar-refractivity contribution in [1.29, 1.82) is 0 Å². The van der Waals surface area contributed by atoms with Crippen molar-refractivity contribution in [3.05, 3.63) is 33.1 Å². The molecule has 2 aromatic rings. The Balaban J connectivity index is 1.46. The van der Waals surface area contributed by atoms with Crippen LogP contribution < -0.4 is 10.3 Å². The van der Waals surface area contributed by atoms with Gasteiger partial charge in [0, 0.05) is 6.54 Å². The van der Waals surface area contributed by atoms with Gasteiger partial charge in [-0.1, -0.05) is 13.8 Å². The van der Waals surface area contributed by atoms with Gasteiger partial charge in [0.05, 0.1) is 17.6 Å². The maximum atomic E-state index is 13.4. The minimum Gasteiger partial charge on any atom is -0.471 e. The molecule has 34 heavy (non-hydrogen) atoms. The zero-order valence-corrected chi connectivity index (χ0v) is 21.5. The molecule has 0 spiro atoms. The van der Waals surface area contributed by atoms with Crippen molar-refractivity contribution in [3.63, 3.8) is 0 Å². The van der Waals surface area contributed by atoms with Gasteiger partial charge in [-0.05, 0) is 76.1 Å². The minimum atomic E-state index is -0.790. The quantitative estimate of drug-likeness (QED) is 0.670. The van der Waals surface area contributed by atoms with Crippen molar-refractivity contribution in [1.82, 2.24) is 9.55 Å². The van der Waals surface area contributed by atoms with E-state index in [4.69, 9.17) is 23.7 Å². The molecule has 0 N–H and O–H groups in total. The fourth-order valence-electron chi connectivity index (χ4n) is 5.61. The molecule has 8 heteroatoms. The zero-order chi connectivity index (χ0) is 24.6. The summed E-state index contributed by atoms with van der Waals surface area (Å²) in [6, 6.07) is 2.05. The normalized spacial score (nSPS) is 29.0. The highest BCUT2D eigenvalue weighted by Crippen LogP contribution is 2.40. The van der Waals surface area contributed by atoms with E-state index < -0.39 is 17.7 Å². The Labute approximate surface area is 200 Å². The number of aromatic nitrogens is 2. The lowest BCUT2D eigenvalue weighted by molar-refractivity contribution is -0.174. The average Bonchev–Trinajstić information content (AvgIpc) is 3.24. The molecular weight excluding hydrogens is 436 g/mol. The lowest BCUT2D eigenvalue weighted by Crippen LogP contribution is -2.41. The molecule has 3 atom stereocenters. The summed E-state index contributed by atoms with van der Waals surface area (Å²) >= 11 is 0. The highest BCUT2D eigenvalue weighted by atomic mass is 16.8. The average molecular weight is 473 g/mol. The van der Waals surface area contributed by atoms with E-state index in [1.165, 1.54) is 11.1 Å². The van der Waals surface area contributed by atoms with Crippen LogP contribution in [0, 0.1) is 13.8 Å². The molecule has 0 radical (unpaired) electrons. The number of hydrogen-bond acceptors (Lipinski definition) is 7. The summed E-state index contributed by atoms with van der Waals surface area (Å²) in [4.78, 5) is 18.1. The van der Waals surface area contributed by atoms with Crippen LogP contribution in [0.5, 0.6) is 5.88 Å². The number of ether oxygens (including phenoxy) is 5. The van der Waals surface area contributed by atoms with Crippen molar-refractivity contribution in [2.24, 2.45) is 0 Å². The smallest absolute Gasteiger partial charge is 0.313 e. The van der Waals surface area contributed by atoms with E-state index in [2.05, 4.69) is 32.7 Å². The van der Waals surface area contributed by atoms with Crippen molar-refractivity contribution in [2.45, 2.75) is 104 Å². The van der Waals surface area contributed by atoms with E-state index >= 15 is 0 Å². The molecular formula is C26H36N2O6. The van der Waals surface area contributed by atoms with Gasteiger partial charge in [-0.2, -0.15) is 0 Å². The van der Waals surface area contributed by atoms with Crippen LogP contribution in [0.2, 0.25) is 0 Å². The summed E-state index contributed by atoms with van der Waals surface area (Å²) in [5.41, 5.74) is 5.09. The van der Waals surface area contributed by atoms with E-state index in [0.29, 0.717) is 13.2 Å². The molecule has 3 aliphatic rings. The lowest BCUT2D eigenvalue weighted by atomic mass is 9.75. The molecule has 8 nitrogen and oxygen atoms in total. The first-order valence-corrected chi connectivity index (χ1v) is 12.1. The second-order valence-corrected chi connectivity index (χ2v) is 11.4. The molecule has 4 heterocycles. The third kappa shape index (κ3) is 3.94. The van der Waals surface area contributed by atoms with Gasteiger partial charge in [0.1, 0.15) is 24.9 Å². The van der Waals surface area contributed by atoms with E-state index in [1.807, 2.05) is 38.3 Å². The minimum absolute atomic E-state index is 0.0180. The first-order chi connectivity index (χ1) is 15.8. The Morgan fingerprint density at radius 2 is 1.82 bits per heavy atom. The second-order valence-electron chi connectivity index (χ2n) is 11.4. The second kappa shape index (κ2) is 7.75. The first-order valence-electron chi connectivity index (χ1n) is 12.1. The summed E-state index contributed by atoms with van der Waals surface area (Å²) in [6.07, 6.45) is -0.207. The Bertz CT molecular complexity index is 1200. The van der Waals surface area contributed by atoms with Gasteiger partial charge >= 0.3 is 5.56 Å². The summed E-state index contributed by atoms with van der Waals surface area (Å²) in [7, 11) is 0. The maximum Gasteiger partial charge on any atom is 0.313 e. The van der Waals surface area contributed by atoms with Crippen LogP contribution in [-0.4, -0.2) is 52.7 Å². The molecule has 5 rings (SSSR count). The van der Waals surface area contributed by atoms with Crippen molar-refractivity contribution in [2.75, 3.05) is 13.2 Å². The van der Waals surface area contributed by atoms with Gasteiger partial charge in [0.15, 0.2) is 11.6 Å². The fourth-order valence-corrected chi connectivity index (χ4v) is 5.61. The lowest BCUT2D eigenvalue weighted by Gasteiger charge is -2.35. The van der Waals surface area contributed by atoms with Gasteiger partial charge in [-0.15, -0.1) is 0 Å². The SMILES string of the molecule is Cc1cc2nc(OC[C@@H]3OC(C)(C)O[C@@H]3[C@H]3COC(C)(C)O3)c(=O)n3c2c(c1C)C(C)(C)CC3.